The number of nitrogens with zero attached hydrogens (tertiary/aromatic N) is 2. The van der Waals surface area contributed by atoms with Crippen molar-refractivity contribution in [1.29, 1.82) is 0 Å². The molecule has 4 rings (SSSR count). The maximum atomic E-state index is 12.8. The molecule has 0 aliphatic carbocycles. The molecule has 1 saturated heterocycles. The number of piperazine rings is 1. The Hall–Kier alpha value is -3.35. The first-order valence-corrected chi connectivity index (χ1v) is 8.82. The molecular formula is C20H19N3O4. The zero-order valence-electron chi connectivity index (χ0n) is 14.7. The van der Waals surface area contributed by atoms with Crippen molar-refractivity contribution >= 4 is 23.4 Å². The van der Waals surface area contributed by atoms with Crippen LogP contribution in [0.15, 0.2) is 48.5 Å². The molecule has 0 unspecified atom stereocenters. The van der Waals surface area contributed by atoms with Crippen molar-refractivity contribution in [3.8, 4) is 5.75 Å². The van der Waals surface area contributed by atoms with Gasteiger partial charge in [0.05, 0.1) is 5.69 Å². The monoisotopic (exact) mass is 365 g/mol. The molecule has 7 heteroatoms. The van der Waals surface area contributed by atoms with Crippen molar-refractivity contribution in [3.63, 3.8) is 0 Å². The van der Waals surface area contributed by atoms with Gasteiger partial charge in [-0.1, -0.05) is 18.2 Å². The second-order valence-electron chi connectivity index (χ2n) is 6.50. The first-order chi connectivity index (χ1) is 13.1. The molecule has 27 heavy (non-hydrogen) atoms. The Labute approximate surface area is 156 Å². The molecule has 0 saturated carbocycles. The first-order valence-electron chi connectivity index (χ1n) is 8.82. The van der Waals surface area contributed by atoms with Crippen LogP contribution in [0, 0.1) is 0 Å². The number of anilines is 1. The molecule has 2 aromatic rings. The highest BCUT2D eigenvalue weighted by atomic mass is 16.5. The average molecular weight is 365 g/mol. The lowest BCUT2D eigenvalue weighted by molar-refractivity contribution is -0.118. The molecule has 2 aliphatic heterocycles. The Bertz CT molecular complexity index is 889. The van der Waals surface area contributed by atoms with Gasteiger partial charge >= 0.3 is 0 Å². The molecule has 2 aromatic carbocycles. The molecule has 0 atom stereocenters. The van der Waals surface area contributed by atoms with E-state index in [-0.39, 0.29) is 24.3 Å². The molecule has 7 nitrogen and oxygen atoms in total. The van der Waals surface area contributed by atoms with Crippen molar-refractivity contribution in [2.75, 3.05) is 38.1 Å². The Morgan fingerprint density at radius 3 is 2.15 bits per heavy atom. The van der Waals surface area contributed by atoms with E-state index in [4.69, 9.17) is 4.74 Å². The predicted molar refractivity (Wildman–Crippen MR) is 98.8 cm³/mol. The van der Waals surface area contributed by atoms with Crippen LogP contribution in [0.4, 0.5) is 5.69 Å². The third-order valence-corrected chi connectivity index (χ3v) is 4.73. The maximum absolute atomic E-state index is 12.8. The third-order valence-electron chi connectivity index (χ3n) is 4.73. The van der Waals surface area contributed by atoms with Crippen molar-refractivity contribution in [1.82, 2.24) is 9.80 Å². The van der Waals surface area contributed by atoms with E-state index in [0.29, 0.717) is 48.7 Å². The van der Waals surface area contributed by atoms with Gasteiger partial charge in [-0.05, 0) is 30.3 Å². The zero-order chi connectivity index (χ0) is 18.8. The van der Waals surface area contributed by atoms with E-state index in [1.807, 2.05) is 18.2 Å². The summed E-state index contributed by atoms with van der Waals surface area (Å²) in [5, 5.41) is 2.71. The lowest BCUT2D eigenvalue weighted by atomic mass is 10.1. The summed E-state index contributed by atoms with van der Waals surface area (Å²) in [4.78, 5) is 40.2. The predicted octanol–water partition coefficient (Wildman–Crippen LogP) is 1.62. The summed E-state index contributed by atoms with van der Waals surface area (Å²) in [5.41, 5.74) is 1.65. The van der Waals surface area contributed by atoms with Crippen molar-refractivity contribution < 1.29 is 19.1 Å². The van der Waals surface area contributed by atoms with Crippen LogP contribution in [0.3, 0.4) is 0 Å². The van der Waals surface area contributed by atoms with Crippen LogP contribution in [0.2, 0.25) is 0 Å². The van der Waals surface area contributed by atoms with Crippen LogP contribution in [0.1, 0.15) is 20.7 Å². The molecule has 3 amide bonds. The summed E-state index contributed by atoms with van der Waals surface area (Å²) in [6.07, 6.45) is 0. The second-order valence-corrected chi connectivity index (χ2v) is 6.50. The molecule has 1 N–H and O–H groups in total. The quantitative estimate of drug-likeness (QED) is 0.877. The minimum absolute atomic E-state index is 0.0162. The van der Waals surface area contributed by atoms with E-state index in [1.54, 1.807) is 40.1 Å². The highest BCUT2D eigenvalue weighted by molar-refractivity contribution is 6.00. The van der Waals surface area contributed by atoms with Crippen LogP contribution in [-0.2, 0) is 4.79 Å². The fourth-order valence-corrected chi connectivity index (χ4v) is 3.27. The van der Waals surface area contributed by atoms with E-state index in [2.05, 4.69) is 5.32 Å². The Kier molecular flexibility index (Phi) is 4.50. The van der Waals surface area contributed by atoms with Gasteiger partial charge in [-0.15, -0.1) is 0 Å². The highest BCUT2D eigenvalue weighted by Crippen LogP contribution is 2.29. The van der Waals surface area contributed by atoms with E-state index in [1.165, 1.54) is 0 Å². The van der Waals surface area contributed by atoms with Crippen molar-refractivity contribution in [2.45, 2.75) is 0 Å². The van der Waals surface area contributed by atoms with Gasteiger partial charge in [-0.2, -0.15) is 0 Å². The first kappa shape index (κ1) is 17.1. The number of rotatable bonds is 2. The van der Waals surface area contributed by atoms with Gasteiger partial charge in [-0.3, -0.25) is 14.4 Å². The van der Waals surface area contributed by atoms with Crippen LogP contribution in [-0.4, -0.2) is 60.3 Å². The van der Waals surface area contributed by atoms with Crippen molar-refractivity contribution in [2.24, 2.45) is 0 Å². The Balaban J connectivity index is 1.41. The molecule has 2 heterocycles. The lowest BCUT2D eigenvalue weighted by Crippen LogP contribution is -2.50. The fourth-order valence-electron chi connectivity index (χ4n) is 3.27. The molecule has 1 fully saturated rings. The number of nitrogens with one attached hydrogen (secondary N) is 1. The smallest absolute Gasteiger partial charge is 0.262 e. The fraction of sp³-hybridized carbons (Fsp3) is 0.250. The number of carbonyl (C=O) groups excluding carboxylic acids is 3. The minimum atomic E-state index is -0.236. The van der Waals surface area contributed by atoms with Gasteiger partial charge in [-0.25, -0.2) is 0 Å². The van der Waals surface area contributed by atoms with E-state index in [0.717, 1.165) is 0 Å². The summed E-state index contributed by atoms with van der Waals surface area (Å²) >= 11 is 0. The zero-order valence-corrected chi connectivity index (χ0v) is 14.7. The lowest BCUT2D eigenvalue weighted by Gasteiger charge is -2.35. The Morgan fingerprint density at radius 1 is 0.852 bits per heavy atom. The molecule has 0 bridgehead atoms. The number of hydrogen-bond acceptors (Lipinski definition) is 4. The second kappa shape index (κ2) is 7.11. The molecule has 0 spiro atoms. The molecule has 0 radical (unpaired) electrons. The number of amides is 3. The topological polar surface area (TPSA) is 79.0 Å². The highest BCUT2D eigenvalue weighted by Gasteiger charge is 2.26. The summed E-state index contributed by atoms with van der Waals surface area (Å²) in [7, 11) is 0. The van der Waals surface area contributed by atoms with E-state index >= 15 is 0 Å². The molecule has 2 aliphatic rings. The largest absolute Gasteiger partial charge is 0.482 e. The number of ether oxygens (including phenoxy) is 1. The number of carbonyl (C=O) groups is 3. The number of benzene rings is 2. The summed E-state index contributed by atoms with van der Waals surface area (Å²) in [5.74, 6) is 0.185. The summed E-state index contributed by atoms with van der Waals surface area (Å²) in [6.45, 7) is 1.90. The van der Waals surface area contributed by atoms with Crippen LogP contribution < -0.4 is 10.1 Å². The standard InChI is InChI=1S/C20H19N3O4/c24-18-13-27-17-7-6-15(12-16(17)21-18)20(26)23-10-8-22(9-11-23)19(25)14-4-2-1-3-5-14/h1-7,12H,8-11,13H2,(H,21,24). The van der Waals surface area contributed by atoms with Crippen LogP contribution in [0.25, 0.3) is 0 Å². The molecule has 0 aromatic heterocycles. The van der Waals surface area contributed by atoms with Gasteiger partial charge in [0, 0.05) is 37.3 Å². The van der Waals surface area contributed by atoms with Gasteiger partial charge in [0.25, 0.3) is 17.7 Å². The minimum Gasteiger partial charge on any atom is -0.482 e. The van der Waals surface area contributed by atoms with Gasteiger partial charge in [0.2, 0.25) is 0 Å². The maximum Gasteiger partial charge on any atom is 0.262 e. The Morgan fingerprint density at radius 2 is 1.48 bits per heavy atom. The summed E-state index contributed by atoms with van der Waals surface area (Å²) < 4.78 is 5.32. The third kappa shape index (κ3) is 3.48. The van der Waals surface area contributed by atoms with Crippen LogP contribution in [0.5, 0.6) is 5.75 Å². The van der Waals surface area contributed by atoms with E-state index < -0.39 is 0 Å². The van der Waals surface area contributed by atoms with Gasteiger partial charge < -0.3 is 19.9 Å². The van der Waals surface area contributed by atoms with E-state index in [9.17, 15) is 14.4 Å². The number of hydrogen-bond donors (Lipinski definition) is 1. The van der Waals surface area contributed by atoms with Gasteiger partial charge in [0.15, 0.2) is 6.61 Å². The summed E-state index contributed by atoms with van der Waals surface area (Å²) in [6, 6.07) is 14.2. The normalized spacial score (nSPS) is 16.2. The molecular weight excluding hydrogens is 346 g/mol. The van der Waals surface area contributed by atoms with Gasteiger partial charge in [0.1, 0.15) is 5.75 Å². The number of fused-ring (bicyclic) bond motifs is 1. The SMILES string of the molecule is O=C1COc2ccc(C(=O)N3CCN(C(=O)c4ccccc4)CC3)cc2N1. The molecule has 138 valence electrons. The van der Waals surface area contributed by atoms with Crippen molar-refractivity contribution in [3.05, 3.63) is 59.7 Å². The average Bonchev–Trinajstić information content (AvgIpc) is 2.73. The van der Waals surface area contributed by atoms with Crippen LogP contribution >= 0.6 is 0 Å².